The quantitative estimate of drug-likeness (QED) is 0.777. The minimum Gasteiger partial charge on any atom is -0.394 e. The maximum atomic E-state index is 13.6. The van der Waals surface area contributed by atoms with Crippen molar-refractivity contribution < 1.29 is 19.0 Å². The Morgan fingerprint density at radius 1 is 1.30 bits per heavy atom. The van der Waals surface area contributed by atoms with Crippen LogP contribution < -0.4 is 5.32 Å². The van der Waals surface area contributed by atoms with E-state index in [-0.39, 0.29) is 30.3 Å². The maximum Gasteiger partial charge on any atom is 0.269 e. The van der Waals surface area contributed by atoms with Gasteiger partial charge in [-0.1, -0.05) is 18.2 Å². The number of aliphatic hydroxyl groups excluding tert-OH is 1. The lowest BCUT2D eigenvalue weighted by Crippen LogP contribution is -2.28. The van der Waals surface area contributed by atoms with Crippen molar-refractivity contribution in [2.75, 3.05) is 26.4 Å². The van der Waals surface area contributed by atoms with Crippen LogP contribution in [0.4, 0.5) is 4.39 Å². The van der Waals surface area contributed by atoms with E-state index in [1.807, 2.05) is 0 Å². The molecule has 2 N–H and O–H groups in total. The molecule has 0 saturated carbocycles. The molecule has 6 heteroatoms. The number of nitrogens with one attached hydrogen (secondary N) is 1. The number of ether oxygens (including phenoxy) is 1. The van der Waals surface area contributed by atoms with Gasteiger partial charge in [-0.3, -0.25) is 4.79 Å². The third-order valence-corrected chi connectivity index (χ3v) is 2.67. The molecule has 0 aliphatic heterocycles. The van der Waals surface area contributed by atoms with Gasteiger partial charge in [-0.05, 0) is 12.1 Å². The minimum atomic E-state index is -0.455. The molecule has 1 heterocycles. The van der Waals surface area contributed by atoms with Gasteiger partial charge >= 0.3 is 0 Å². The normalized spacial score (nSPS) is 10.7. The lowest BCUT2D eigenvalue weighted by molar-refractivity contribution is 0.0835. The lowest BCUT2D eigenvalue weighted by Gasteiger charge is -2.06. The first kappa shape index (κ1) is 14.4. The number of carbonyl (C=O) groups is 1. The van der Waals surface area contributed by atoms with E-state index in [0.29, 0.717) is 18.5 Å². The predicted molar refractivity (Wildman–Crippen MR) is 71.9 cm³/mol. The van der Waals surface area contributed by atoms with E-state index in [1.165, 1.54) is 6.07 Å². The van der Waals surface area contributed by atoms with E-state index in [2.05, 4.69) is 10.3 Å². The van der Waals surface area contributed by atoms with E-state index in [4.69, 9.17) is 9.84 Å². The molecule has 0 atom stereocenters. The molecular formula is C14H15FN2O3. The Morgan fingerprint density at radius 3 is 2.95 bits per heavy atom. The second-order valence-electron chi connectivity index (χ2n) is 4.10. The van der Waals surface area contributed by atoms with Crippen LogP contribution in [-0.2, 0) is 4.74 Å². The first-order valence-electron chi connectivity index (χ1n) is 6.24. The smallest absolute Gasteiger partial charge is 0.269 e. The highest BCUT2D eigenvalue weighted by Crippen LogP contribution is 2.15. The summed E-state index contributed by atoms with van der Waals surface area (Å²) in [5, 5.41) is 11.8. The molecule has 0 aliphatic carbocycles. The number of carbonyl (C=O) groups excluding carboxylic acids is 1. The van der Waals surface area contributed by atoms with Gasteiger partial charge in [0, 0.05) is 11.9 Å². The number of amides is 1. The van der Waals surface area contributed by atoms with Gasteiger partial charge in [0.2, 0.25) is 0 Å². The van der Waals surface area contributed by atoms with Gasteiger partial charge in [0.15, 0.2) is 0 Å². The maximum absolute atomic E-state index is 13.6. The summed E-state index contributed by atoms with van der Waals surface area (Å²) in [5.41, 5.74) is 0.335. The van der Waals surface area contributed by atoms with Crippen molar-refractivity contribution in [2.45, 2.75) is 0 Å². The van der Waals surface area contributed by atoms with Crippen molar-refractivity contribution in [3.8, 4) is 0 Å². The molecule has 2 rings (SSSR count). The average Bonchev–Trinajstić information content (AvgIpc) is 2.47. The van der Waals surface area contributed by atoms with Crippen molar-refractivity contribution >= 4 is 16.8 Å². The highest BCUT2D eigenvalue weighted by molar-refractivity contribution is 5.94. The summed E-state index contributed by atoms with van der Waals surface area (Å²) in [6, 6.07) is 7.83. The molecule has 1 amide bonds. The number of benzene rings is 1. The molecule has 0 radical (unpaired) electrons. The fourth-order valence-corrected chi connectivity index (χ4v) is 1.73. The summed E-state index contributed by atoms with van der Waals surface area (Å²) >= 11 is 0. The van der Waals surface area contributed by atoms with Crippen molar-refractivity contribution in [1.82, 2.24) is 10.3 Å². The number of aliphatic hydroxyl groups is 1. The number of fused-ring (bicyclic) bond motifs is 1. The van der Waals surface area contributed by atoms with E-state index in [1.54, 1.807) is 24.3 Å². The van der Waals surface area contributed by atoms with Crippen LogP contribution in [0, 0.1) is 5.82 Å². The van der Waals surface area contributed by atoms with Gasteiger partial charge < -0.3 is 15.2 Å². The van der Waals surface area contributed by atoms with E-state index < -0.39 is 5.82 Å². The molecule has 0 unspecified atom stereocenters. The minimum absolute atomic E-state index is 0.0561. The van der Waals surface area contributed by atoms with Gasteiger partial charge in [0.25, 0.3) is 5.91 Å². The summed E-state index contributed by atoms with van der Waals surface area (Å²) in [4.78, 5) is 15.9. The number of nitrogens with zero attached hydrogens (tertiary/aromatic N) is 1. The van der Waals surface area contributed by atoms with E-state index >= 15 is 0 Å². The Hall–Kier alpha value is -2.05. The molecule has 0 aliphatic rings. The van der Waals surface area contributed by atoms with Crippen LogP contribution in [0.5, 0.6) is 0 Å². The van der Waals surface area contributed by atoms with Gasteiger partial charge in [0.05, 0.1) is 19.8 Å². The molecule has 0 saturated heterocycles. The van der Waals surface area contributed by atoms with Crippen LogP contribution in [0.25, 0.3) is 10.9 Å². The number of hydrogen-bond donors (Lipinski definition) is 2. The summed E-state index contributed by atoms with van der Waals surface area (Å²) in [7, 11) is 0. The van der Waals surface area contributed by atoms with E-state index in [9.17, 15) is 9.18 Å². The van der Waals surface area contributed by atoms with Crippen molar-refractivity contribution in [1.29, 1.82) is 0 Å². The predicted octanol–water partition coefficient (Wildman–Crippen LogP) is 1.11. The van der Waals surface area contributed by atoms with Crippen LogP contribution in [0.15, 0.2) is 30.3 Å². The Morgan fingerprint density at radius 2 is 2.15 bits per heavy atom. The van der Waals surface area contributed by atoms with E-state index in [0.717, 1.165) is 0 Å². The summed E-state index contributed by atoms with van der Waals surface area (Å²) < 4.78 is 18.6. The fourth-order valence-electron chi connectivity index (χ4n) is 1.73. The fraction of sp³-hybridized carbons (Fsp3) is 0.286. The summed E-state index contributed by atoms with van der Waals surface area (Å²) in [6.45, 7) is 0.777. The van der Waals surface area contributed by atoms with Crippen LogP contribution in [0.3, 0.4) is 0 Å². The first-order chi connectivity index (χ1) is 9.72. The van der Waals surface area contributed by atoms with Crippen molar-refractivity contribution in [3.63, 3.8) is 0 Å². The molecule has 0 bridgehead atoms. The standard InChI is InChI=1S/C14H15FN2O3/c15-11-3-1-2-10-4-5-12(17-13(10)11)14(19)16-6-8-20-9-7-18/h1-5,18H,6-9H2,(H,16,19). The second kappa shape index (κ2) is 6.93. The highest BCUT2D eigenvalue weighted by Gasteiger charge is 2.09. The Kier molecular flexibility index (Phi) is 4.97. The molecule has 1 aromatic carbocycles. The van der Waals surface area contributed by atoms with Crippen LogP contribution in [0.1, 0.15) is 10.5 Å². The summed E-state index contributed by atoms with van der Waals surface area (Å²) in [6.07, 6.45) is 0. The van der Waals surface area contributed by atoms with Crippen LogP contribution >= 0.6 is 0 Å². The third kappa shape index (κ3) is 3.49. The van der Waals surface area contributed by atoms with Gasteiger partial charge in [-0.2, -0.15) is 0 Å². The van der Waals surface area contributed by atoms with Crippen LogP contribution in [-0.4, -0.2) is 42.4 Å². The zero-order valence-electron chi connectivity index (χ0n) is 10.8. The molecule has 1 aromatic heterocycles. The number of rotatable bonds is 6. The third-order valence-electron chi connectivity index (χ3n) is 2.67. The number of pyridine rings is 1. The van der Waals surface area contributed by atoms with Gasteiger partial charge in [-0.15, -0.1) is 0 Å². The van der Waals surface area contributed by atoms with Gasteiger partial charge in [0.1, 0.15) is 17.0 Å². The lowest BCUT2D eigenvalue weighted by atomic mass is 10.2. The Labute approximate surface area is 115 Å². The topological polar surface area (TPSA) is 71.5 Å². The molecule has 5 nitrogen and oxygen atoms in total. The average molecular weight is 278 g/mol. The number of halogens is 1. The first-order valence-corrected chi connectivity index (χ1v) is 6.24. The number of hydrogen-bond acceptors (Lipinski definition) is 4. The number of aromatic nitrogens is 1. The number of para-hydroxylation sites is 1. The zero-order chi connectivity index (χ0) is 14.4. The molecule has 2 aromatic rings. The second-order valence-corrected chi connectivity index (χ2v) is 4.10. The largest absolute Gasteiger partial charge is 0.394 e. The van der Waals surface area contributed by atoms with Crippen molar-refractivity contribution in [3.05, 3.63) is 41.8 Å². The van der Waals surface area contributed by atoms with Crippen molar-refractivity contribution in [2.24, 2.45) is 0 Å². The van der Waals surface area contributed by atoms with Gasteiger partial charge in [-0.25, -0.2) is 9.37 Å². The Bertz CT molecular complexity index is 604. The molecule has 20 heavy (non-hydrogen) atoms. The Balaban J connectivity index is 2.01. The summed E-state index contributed by atoms with van der Waals surface area (Å²) in [5.74, 6) is -0.841. The monoisotopic (exact) mass is 278 g/mol. The molecule has 0 spiro atoms. The molecule has 106 valence electrons. The highest BCUT2D eigenvalue weighted by atomic mass is 19.1. The zero-order valence-corrected chi connectivity index (χ0v) is 10.8. The SMILES string of the molecule is O=C(NCCOCCO)c1ccc2cccc(F)c2n1. The molecule has 0 fully saturated rings. The van der Waals surface area contributed by atoms with Crippen LogP contribution in [0.2, 0.25) is 0 Å². The molecular weight excluding hydrogens is 263 g/mol.